The quantitative estimate of drug-likeness (QED) is 0.209. The van der Waals surface area contributed by atoms with E-state index in [1.54, 1.807) is 6.92 Å². The van der Waals surface area contributed by atoms with Gasteiger partial charge in [0.25, 0.3) is 0 Å². The molecule has 1 fully saturated rings. The van der Waals surface area contributed by atoms with Crippen LogP contribution < -0.4 is 4.74 Å². The third kappa shape index (κ3) is 6.72. The summed E-state index contributed by atoms with van der Waals surface area (Å²) >= 11 is 6.71. The molecule has 200 valence electrons. The minimum atomic E-state index is -0.379. The molecule has 39 heavy (non-hydrogen) atoms. The highest BCUT2D eigenvalue weighted by molar-refractivity contribution is 6.33. The maximum atomic E-state index is 11.5. The van der Waals surface area contributed by atoms with Crippen LogP contribution in [0.5, 0.6) is 5.75 Å². The Balaban J connectivity index is 1.24. The first-order chi connectivity index (χ1) is 19.0. The van der Waals surface area contributed by atoms with Crippen LogP contribution in [-0.4, -0.2) is 19.2 Å². The van der Waals surface area contributed by atoms with Crippen molar-refractivity contribution in [3.05, 3.63) is 102 Å². The fourth-order valence-electron chi connectivity index (χ4n) is 5.40. The van der Waals surface area contributed by atoms with E-state index < -0.39 is 0 Å². The van der Waals surface area contributed by atoms with Gasteiger partial charge in [-0.15, -0.1) is 0 Å². The van der Waals surface area contributed by atoms with Gasteiger partial charge in [0, 0.05) is 10.6 Å². The molecular formula is C35H35ClO3. The Morgan fingerprint density at radius 3 is 1.87 bits per heavy atom. The van der Waals surface area contributed by atoms with Gasteiger partial charge in [0.1, 0.15) is 5.75 Å². The molecule has 0 aromatic heterocycles. The molecule has 4 heteroatoms. The molecule has 5 rings (SSSR count). The zero-order valence-electron chi connectivity index (χ0n) is 22.7. The van der Waals surface area contributed by atoms with Crippen LogP contribution in [0.2, 0.25) is 5.02 Å². The SMILES string of the molecule is CCOC(=O)COc1ccc(-c2ccc(-c3ccc(-c4ccc(C5CCC(C)CC5)cc4)cc3)cc2Cl)cc1. The van der Waals surface area contributed by atoms with Gasteiger partial charge in [0.15, 0.2) is 6.61 Å². The molecule has 0 N–H and O–H groups in total. The Hall–Kier alpha value is -3.56. The van der Waals surface area contributed by atoms with Crippen molar-refractivity contribution in [2.45, 2.75) is 45.4 Å². The first-order valence-corrected chi connectivity index (χ1v) is 14.3. The van der Waals surface area contributed by atoms with Crippen molar-refractivity contribution in [1.29, 1.82) is 0 Å². The van der Waals surface area contributed by atoms with E-state index in [4.69, 9.17) is 21.1 Å². The first kappa shape index (κ1) is 27.0. The Labute approximate surface area is 236 Å². The Kier molecular flexibility index (Phi) is 8.68. The number of carbonyl (C=O) groups excluding carboxylic acids is 1. The summed E-state index contributed by atoms with van der Waals surface area (Å²) < 4.78 is 10.4. The van der Waals surface area contributed by atoms with Crippen LogP contribution in [0.3, 0.4) is 0 Å². The first-order valence-electron chi connectivity index (χ1n) is 13.9. The molecule has 0 heterocycles. The zero-order valence-corrected chi connectivity index (χ0v) is 23.4. The minimum absolute atomic E-state index is 0.105. The van der Waals surface area contributed by atoms with Crippen molar-refractivity contribution in [3.8, 4) is 39.1 Å². The van der Waals surface area contributed by atoms with Gasteiger partial charge in [-0.3, -0.25) is 0 Å². The molecule has 0 spiro atoms. The largest absolute Gasteiger partial charge is 0.482 e. The number of rotatable bonds is 8. The van der Waals surface area contributed by atoms with Crippen LogP contribution in [0.4, 0.5) is 0 Å². The van der Waals surface area contributed by atoms with Gasteiger partial charge in [0.05, 0.1) is 6.61 Å². The van der Waals surface area contributed by atoms with Crippen LogP contribution >= 0.6 is 11.6 Å². The van der Waals surface area contributed by atoms with Crippen molar-refractivity contribution in [2.75, 3.05) is 13.2 Å². The summed E-state index contributed by atoms with van der Waals surface area (Å²) in [7, 11) is 0. The second kappa shape index (κ2) is 12.5. The standard InChI is InChI=1S/C35H35ClO3/c1-3-38-35(37)23-39-32-19-16-30(17-20-32)33-21-18-31(22-34(33)36)29-14-12-28(13-15-29)27-10-8-26(9-11-27)25-6-4-24(2)5-7-25/h8-22,24-25H,3-7,23H2,1-2H3. The van der Waals surface area contributed by atoms with Crippen molar-refractivity contribution in [1.82, 2.24) is 0 Å². The molecule has 4 aromatic carbocycles. The van der Waals surface area contributed by atoms with Crippen LogP contribution in [-0.2, 0) is 9.53 Å². The van der Waals surface area contributed by atoms with E-state index in [1.807, 2.05) is 36.4 Å². The van der Waals surface area contributed by atoms with E-state index in [-0.39, 0.29) is 12.6 Å². The van der Waals surface area contributed by atoms with Gasteiger partial charge in [-0.25, -0.2) is 4.79 Å². The van der Waals surface area contributed by atoms with Crippen molar-refractivity contribution < 1.29 is 14.3 Å². The van der Waals surface area contributed by atoms with Gasteiger partial charge in [-0.1, -0.05) is 104 Å². The molecular weight excluding hydrogens is 504 g/mol. The van der Waals surface area contributed by atoms with E-state index >= 15 is 0 Å². The smallest absolute Gasteiger partial charge is 0.344 e. The number of hydrogen-bond donors (Lipinski definition) is 0. The Morgan fingerprint density at radius 2 is 1.28 bits per heavy atom. The topological polar surface area (TPSA) is 35.5 Å². The summed E-state index contributed by atoms with van der Waals surface area (Å²) in [5.74, 6) is 1.82. The van der Waals surface area contributed by atoms with Crippen LogP contribution in [0.25, 0.3) is 33.4 Å². The lowest BCUT2D eigenvalue weighted by Gasteiger charge is -2.26. The number of benzene rings is 4. The van der Waals surface area contributed by atoms with E-state index in [9.17, 15) is 4.79 Å². The molecule has 0 aliphatic heterocycles. The number of ether oxygens (including phenoxy) is 2. The Bertz CT molecular complexity index is 1380. The van der Waals surface area contributed by atoms with E-state index in [2.05, 4.69) is 61.5 Å². The number of halogens is 1. The summed E-state index contributed by atoms with van der Waals surface area (Å²) in [5.41, 5.74) is 8.08. The van der Waals surface area contributed by atoms with Crippen molar-refractivity contribution >= 4 is 17.6 Å². The second-order valence-corrected chi connectivity index (χ2v) is 10.9. The van der Waals surface area contributed by atoms with Crippen LogP contribution in [0, 0.1) is 5.92 Å². The minimum Gasteiger partial charge on any atom is -0.482 e. The molecule has 0 amide bonds. The maximum absolute atomic E-state index is 11.5. The predicted octanol–water partition coefficient (Wildman–Crippen LogP) is 9.58. The lowest BCUT2D eigenvalue weighted by atomic mass is 9.79. The van der Waals surface area contributed by atoms with Gasteiger partial charge < -0.3 is 9.47 Å². The second-order valence-electron chi connectivity index (χ2n) is 10.5. The third-order valence-corrected chi connectivity index (χ3v) is 8.06. The number of hydrogen-bond acceptors (Lipinski definition) is 3. The molecule has 3 nitrogen and oxygen atoms in total. The number of carbonyl (C=O) groups is 1. The van der Waals surface area contributed by atoms with Crippen molar-refractivity contribution in [3.63, 3.8) is 0 Å². The highest BCUT2D eigenvalue weighted by atomic mass is 35.5. The van der Waals surface area contributed by atoms with Crippen molar-refractivity contribution in [2.24, 2.45) is 5.92 Å². The van der Waals surface area contributed by atoms with Gasteiger partial charge in [0.2, 0.25) is 0 Å². The fourth-order valence-corrected chi connectivity index (χ4v) is 5.69. The summed E-state index contributed by atoms with van der Waals surface area (Å²) in [5, 5.41) is 0.685. The van der Waals surface area contributed by atoms with Crippen LogP contribution in [0.15, 0.2) is 91.0 Å². The predicted molar refractivity (Wildman–Crippen MR) is 160 cm³/mol. The monoisotopic (exact) mass is 538 g/mol. The Morgan fingerprint density at radius 1 is 0.744 bits per heavy atom. The molecule has 1 aliphatic rings. The molecule has 1 saturated carbocycles. The van der Waals surface area contributed by atoms with E-state index in [1.165, 1.54) is 42.4 Å². The normalized spacial score (nSPS) is 17.0. The lowest BCUT2D eigenvalue weighted by Crippen LogP contribution is -2.14. The average molecular weight is 539 g/mol. The molecule has 0 radical (unpaired) electrons. The fraction of sp³-hybridized carbons (Fsp3) is 0.286. The van der Waals surface area contributed by atoms with Crippen LogP contribution in [0.1, 0.15) is 51.0 Å². The van der Waals surface area contributed by atoms with Gasteiger partial charge in [-0.2, -0.15) is 0 Å². The molecule has 1 aliphatic carbocycles. The molecule has 0 atom stereocenters. The summed E-state index contributed by atoms with van der Waals surface area (Å²) in [4.78, 5) is 11.5. The van der Waals surface area contributed by atoms with E-state index in [0.29, 0.717) is 23.3 Å². The molecule has 0 bridgehead atoms. The average Bonchev–Trinajstić information content (AvgIpc) is 2.97. The molecule has 0 saturated heterocycles. The highest BCUT2D eigenvalue weighted by Crippen LogP contribution is 2.37. The van der Waals surface area contributed by atoms with E-state index in [0.717, 1.165) is 28.2 Å². The molecule has 4 aromatic rings. The maximum Gasteiger partial charge on any atom is 0.344 e. The summed E-state index contributed by atoms with van der Waals surface area (Å²) in [6.07, 6.45) is 5.32. The number of esters is 1. The summed E-state index contributed by atoms with van der Waals surface area (Å²) in [6.45, 7) is 4.38. The van der Waals surface area contributed by atoms with Gasteiger partial charge in [-0.05, 0) is 83.2 Å². The third-order valence-electron chi connectivity index (χ3n) is 7.75. The molecule has 0 unspecified atom stereocenters. The highest BCUT2D eigenvalue weighted by Gasteiger charge is 2.19. The summed E-state index contributed by atoms with van der Waals surface area (Å²) in [6, 6.07) is 31.6. The zero-order chi connectivity index (χ0) is 27.2. The lowest BCUT2D eigenvalue weighted by molar-refractivity contribution is -0.145. The van der Waals surface area contributed by atoms with Gasteiger partial charge >= 0.3 is 5.97 Å².